The molecule has 2 aliphatic rings. The van der Waals surface area contributed by atoms with Gasteiger partial charge in [0, 0.05) is 18.5 Å². The first-order chi connectivity index (χ1) is 12.1. The first-order valence-corrected chi connectivity index (χ1v) is 9.41. The van der Waals surface area contributed by atoms with Crippen molar-refractivity contribution in [1.82, 2.24) is 4.90 Å². The van der Waals surface area contributed by atoms with Crippen LogP contribution in [0.1, 0.15) is 18.4 Å². The second-order valence-corrected chi connectivity index (χ2v) is 7.36. The van der Waals surface area contributed by atoms with Gasteiger partial charge in [0.2, 0.25) is 0 Å². The van der Waals surface area contributed by atoms with E-state index in [1.54, 1.807) is 0 Å². The number of likely N-dealkylation sites (tertiary alicyclic amines) is 1. The zero-order chi connectivity index (χ0) is 17.6. The first kappa shape index (κ1) is 17.9. The summed E-state index contributed by atoms with van der Waals surface area (Å²) in [5.41, 5.74) is 2.03. The van der Waals surface area contributed by atoms with E-state index in [1.165, 1.54) is 28.2 Å². The van der Waals surface area contributed by atoms with E-state index in [9.17, 15) is 9.59 Å². The molecule has 0 spiro atoms. The predicted molar refractivity (Wildman–Crippen MR) is 96.8 cm³/mol. The van der Waals surface area contributed by atoms with Gasteiger partial charge in [-0.1, -0.05) is 17.7 Å². The van der Waals surface area contributed by atoms with Crippen LogP contribution in [-0.4, -0.2) is 69.1 Å². The summed E-state index contributed by atoms with van der Waals surface area (Å²) in [7, 11) is 0. The van der Waals surface area contributed by atoms with Gasteiger partial charge in [-0.3, -0.25) is 9.59 Å². The first-order valence-electron chi connectivity index (χ1n) is 9.41. The SMILES string of the molecule is Cc1ccc(NC(=O)C[NH+]2CCN(C(=O)C[NH+]3CCCC3)CC2)cc1. The molecular weight excluding hydrogens is 316 g/mol. The molecule has 0 aliphatic carbocycles. The predicted octanol–water partition coefficient (Wildman–Crippen LogP) is -1.66. The highest BCUT2D eigenvalue weighted by molar-refractivity contribution is 5.91. The highest BCUT2D eigenvalue weighted by Crippen LogP contribution is 2.07. The normalized spacial score (nSPS) is 19.2. The summed E-state index contributed by atoms with van der Waals surface area (Å²) in [5.74, 6) is 0.320. The Morgan fingerprint density at radius 3 is 2.20 bits per heavy atom. The molecule has 2 fully saturated rings. The van der Waals surface area contributed by atoms with Crippen LogP contribution in [0.2, 0.25) is 0 Å². The molecule has 0 bridgehead atoms. The van der Waals surface area contributed by atoms with Gasteiger partial charge < -0.3 is 20.0 Å². The maximum atomic E-state index is 12.4. The van der Waals surface area contributed by atoms with Gasteiger partial charge in [0.05, 0.1) is 39.3 Å². The fourth-order valence-electron chi connectivity index (χ4n) is 3.70. The number of hydrogen-bond acceptors (Lipinski definition) is 2. The fraction of sp³-hybridized carbons (Fsp3) is 0.579. The number of carbonyl (C=O) groups excluding carboxylic acids is 2. The molecule has 2 amide bonds. The Morgan fingerprint density at radius 2 is 1.56 bits per heavy atom. The number of amides is 2. The minimum atomic E-state index is 0.0418. The topological polar surface area (TPSA) is 58.3 Å². The van der Waals surface area contributed by atoms with Crippen molar-refractivity contribution in [3.05, 3.63) is 29.8 Å². The van der Waals surface area contributed by atoms with Crippen molar-refractivity contribution in [2.45, 2.75) is 19.8 Å². The van der Waals surface area contributed by atoms with Gasteiger partial charge in [-0.25, -0.2) is 0 Å². The second-order valence-electron chi connectivity index (χ2n) is 7.36. The molecule has 1 aromatic rings. The average molecular weight is 346 g/mol. The highest BCUT2D eigenvalue weighted by atomic mass is 16.2. The van der Waals surface area contributed by atoms with Crippen molar-refractivity contribution in [3.8, 4) is 0 Å². The van der Waals surface area contributed by atoms with E-state index in [0.717, 1.165) is 45.0 Å². The van der Waals surface area contributed by atoms with Crippen molar-refractivity contribution >= 4 is 17.5 Å². The number of piperazine rings is 1. The van der Waals surface area contributed by atoms with Crippen molar-refractivity contribution in [2.24, 2.45) is 0 Å². The molecule has 3 N–H and O–H groups in total. The standard InChI is InChI=1S/C19H28N4O2/c1-16-4-6-17(7-5-16)20-18(24)14-22-10-12-23(13-11-22)19(25)15-21-8-2-3-9-21/h4-7H,2-3,8-15H2,1H3,(H,20,24)/p+2. The molecule has 6 heteroatoms. The smallest absolute Gasteiger partial charge is 0.279 e. The van der Waals surface area contributed by atoms with Gasteiger partial charge in [0.15, 0.2) is 13.1 Å². The molecule has 3 rings (SSSR count). The minimum absolute atomic E-state index is 0.0418. The Hall–Kier alpha value is -1.92. The Morgan fingerprint density at radius 1 is 0.960 bits per heavy atom. The number of aryl methyl sites for hydroxylation is 1. The molecule has 0 atom stereocenters. The number of hydrogen-bond donors (Lipinski definition) is 3. The molecule has 2 heterocycles. The summed E-state index contributed by atoms with van der Waals surface area (Å²) in [6, 6.07) is 7.85. The number of quaternary nitrogens is 2. The van der Waals surface area contributed by atoms with E-state index >= 15 is 0 Å². The van der Waals surface area contributed by atoms with Crippen LogP contribution < -0.4 is 15.1 Å². The molecule has 2 saturated heterocycles. The van der Waals surface area contributed by atoms with Gasteiger partial charge in [-0.2, -0.15) is 0 Å². The van der Waals surface area contributed by atoms with E-state index in [2.05, 4.69) is 5.32 Å². The van der Waals surface area contributed by atoms with E-state index in [1.807, 2.05) is 36.1 Å². The molecule has 2 aliphatic heterocycles. The average Bonchev–Trinajstić information content (AvgIpc) is 3.10. The summed E-state index contributed by atoms with van der Waals surface area (Å²) in [6.45, 7) is 8.63. The number of nitrogens with one attached hydrogen (secondary N) is 3. The summed E-state index contributed by atoms with van der Waals surface area (Å²) in [4.78, 5) is 29.2. The number of anilines is 1. The number of rotatable bonds is 5. The summed E-state index contributed by atoms with van der Waals surface area (Å²) >= 11 is 0. The maximum Gasteiger partial charge on any atom is 0.279 e. The molecule has 25 heavy (non-hydrogen) atoms. The van der Waals surface area contributed by atoms with Crippen LogP contribution >= 0.6 is 0 Å². The lowest BCUT2D eigenvalue weighted by atomic mass is 10.2. The van der Waals surface area contributed by atoms with E-state index < -0.39 is 0 Å². The molecule has 1 aromatic carbocycles. The van der Waals surface area contributed by atoms with E-state index in [0.29, 0.717) is 13.1 Å². The van der Waals surface area contributed by atoms with Gasteiger partial charge in [-0.15, -0.1) is 0 Å². The minimum Gasteiger partial charge on any atom is -0.327 e. The van der Waals surface area contributed by atoms with Crippen LogP contribution in [0.4, 0.5) is 5.69 Å². The molecule has 0 unspecified atom stereocenters. The number of carbonyl (C=O) groups is 2. The van der Waals surface area contributed by atoms with Crippen molar-refractivity contribution in [3.63, 3.8) is 0 Å². The summed E-state index contributed by atoms with van der Waals surface area (Å²) in [5, 5.41) is 2.96. The van der Waals surface area contributed by atoms with E-state index in [4.69, 9.17) is 0 Å². The Balaban J connectivity index is 1.38. The van der Waals surface area contributed by atoms with Gasteiger partial charge in [0.1, 0.15) is 0 Å². The second kappa shape index (κ2) is 8.45. The largest absolute Gasteiger partial charge is 0.327 e. The van der Waals surface area contributed by atoms with Crippen LogP contribution in [0, 0.1) is 6.92 Å². The summed E-state index contributed by atoms with van der Waals surface area (Å²) in [6.07, 6.45) is 2.49. The Bertz CT molecular complexity index is 588. The Labute approximate surface area is 149 Å². The molecule has 0 radical (unpaired) electrons. The van der Waals surface area contributed by atoms with Crippen LogP contribution in [-0.2, 0) is 9.59 Å². The zero-order valence-electron chi connectivity index (χ0n) is 15.1. The number of benzene rings is 1. The van der Waals surface area contributed by atoms with Crippen LogP contribution in [0.15, 0.2) is 24.3 Å². The molecular formula is C19H30N4O2+2. The number of nitrogens with zero attached hydrogens (tertiary/aromatic N) is 1. The zero-order valence-corrected chi connectivity index (χ0v) is 15.1. The van der Waals surface area contributed by atoms with Crippen molar-refractivity contribution in [1.29, 1.82) is 0 Å². The fourth-order valence-corrected chi connectivity index (χ4v) is 3.70. The summed E-state index contributed by atoms with van der Waals surface area (Å²) < 4.78 is 0. The van der Waals surface area contributed by atoms with Gasteiger partial charge in [-0.05, 0) is 19.1 Å². The lowest BCUT2D eigenvalue weighted by Crippen LogP contribution is -3.16. The van der Waals surface area contributed by atoms with E-state index in [-0.39, 0.29) is 11.8 Å². The highest BCUT2D eigenvalue weighted by Gasteiger charge is 2.28. The maximum absolute atomic E-state index is 12.4. The molecule has 0 saturated carbocycles. The van der Waals surface area contributed by atoms with Gasteiger partial charge >= 0.3 is 0 Å². The lowest BCUT2D eigenvalue weighted by molar-refractivity contribution is -0.896. The lowest BCUT2D eigenvalue weighted by Gasteiger charge is -2.32. The third kappa shape index (κ3) is 5.28. The van der Waals surface area contributed by atoms with Crippen LogP contribution in [0.3, 0.4) is 0 Å². The van der Waals surface area contributed by atoms with Crippen molar-refractivity contribution in [2.75, 3.05) is 57.7 Å². The molecule has 6 nitrogen and oxygen atoms in total. The third-order valence-electron chi connectivity index (χ3n) is 5.28. The van der Waals surface area contributed by atoms with Crippen molar-refractivity contribution < 1.29 is 19.4 Å². The third-order valence-corrected chi connectivity index (χ3v) is 5.28. The van der Waals surface area contributed by atoms with Crippen LogP contribution in [0.5, 0.6) is 0 Å². The molecule has 136 valence electrons. The van der Waals surface area contributed by atoms with Gasteiger partial charge in [0.25, 0.3) is 11.8 Å². The Kier molecular flexibility index (Phi) is 6.04. The molecule has 0 aromatic heterocycles. The van der Waals surface area contributed by atoms with Crippen LogP contribution in [0.25, 0.3) is 0 Å². The monoisotopic (exact) mass is 346 g/mol. The quantitative estimate of drug-likeness (QED) is 0.598.